The highest BCUT2D eigenvalue weighted by molar-refractivity contribution is 6.33. The molecular weight excluding hydrogens is 188 g/mol. The quantitative estimate of drug-likeness (QED) is 0.440. The lowest BCUT2D eigenvalue weighted by Crippen LogP contribution is -2.59. The zero-order valence-corrected chi connectivity index (χ0v) is 7.86. The summed E-state index contributed by atoms with van der Waals surface area (Å²) in [6, 6.07) is -0.646. The number of hydrogen-bond acceptors (Lipinski definition) is 4. The molecule has 2 amide bonds. The summed E-state index contributed by atoms with van der Waals surface area (Å²) in [6.07, 6.45) is 0.514. The molecule has 0 aromatic heterocycles. The van der Waals surface area contributed by atoms with Gasteiger partial charge >= 0.3 is 11.9 Å². The number of nitrogens with zero attached hydrogens (tertiary/aromatic N) is 1. The van der Waals surface area contributed by atoms with Crippen molar-refractivity contribution in [3.63, 3.8) is 0 Å². The van der Waals surface area contributed by atoms with Crippen LogP contribution in [-0.2, 0) is 19.1 Å². The summed E-state index contributed by atoms with van der Waals surface area (Å²) in [5.74, 6) is -2.31. The molecule has 78 valence electrons. The number of ether oxygens (including phenoxy) is 1. The molecule has 0 saturated carbocycles. The van der Waals surface area contributed by atoms with Gasteiger partial charge in [0.05, 0.1) is 6.61 Å². The molecule has 1 saturated heterocycles. The number of nitrogens with two attached hydrogens (primary N) is 1. The lowest BCUT2D eigenvalue weighted by atomic mass is 10.0. The van der Waals surface area contributed by atoms with E-state index in [1.54, 1.807) is 6.92 Å². The number of esters is 1. The van der Waals surface area contributed by atoms with Gasteiger partial charge in [-0.05, 0) is 13.3 Å². The Balaban J connectivity index is 2.53. The average Bonchev–Trinajstić information content (AvgIpc) is 2.01. The molecular formula is C8H12N2O4. The zero-order chi connectivity index (χ0) is 10.7. The molecule has 1 heterocycles. The Labute approximate surface area is 81.0 Å². The second-order valence-corrected chi connectivity index (χ2v) is 2.93. The maximum atomic E-state index is 11.3. The SMILES string of the molecule is CCOC(=O)C(=O)N1CCC1C(N)=O. The van der Waals surface area contributed by atoms with E-state index >= 15 is 0 Å². The fourth-order valence-electron chi connectivity index (χ4n) is 1.24. The van der Waals surface area contributed by atoms with Gasteiger partial charge in [0.15, 0.2) is 0 Å². The summed E-state index contributed by atoms with van der Waals surface area (Å²) < 4.78 is 4.51. The smallest absolute Gasteiger partial charge is 0.397 e. The van der Waals surface area contributed by atoms with Crippen molar-refractivity contribution in [3.8, 4) is 0 Å². The van der Waals surface area contributed by atoms with E-state index in [9.17, 15) is 14.4 Å². The third-order valence-electron chi connectivity index (χ3n) is 2.06. The van der Waals surface area contributed by atoms with Gasteiger partial charge in [0.25, 0.3) is 0 Å². The predicted molar refractivity (Wildman–Crippen MR) is 45.9 cm³/mol. The van der Waals surface area contributed by atoms with Crippen LogP contribution in [0.5, 0.6) is 0 Å². The minimum Gasteiger partial charge on any atom is -0.459 e. The van der Waals surface area contributed by atoms with E-state index in [1.165, 1.54) is 0 Å². The highest BCUT2D eigenvalue weighted by atomic mass is 16.5. The van der Waals surface area contributed by atoms with Crippen molar-refractivity contribution in [2.24, 2.45) is 5.73 Å². The second-order valence-electron chi connectivity index (χ2n) is 2.93. The first-order chi connectivity index (χ1) is 6.57. The largest absolute Gasteiger partial charge is 0.459 e. The summed E-state index contributed by atoms with van der Waals surface area (Å²) in [4.78, 5) is 34.1. The van der Waals surface area contributed by atoms with Crippen LogP contribution in [0.3, 0.4) is 0 Å². The van der Waals surface area contributed by atoms with Crippen molar-refractivity contribution in [1.82, 2.24) is 4.90 Å². The van der Waals surface area contributed by atoms with Crippen LogP contribution >= 0.6 is 0 Å². The van der Waals surface area contributed by atoms with Crippen LogP contribution in [-0.4, -0.2) is 41.9 Å². The van der Waals surface area contributed by atoms with E-state index in [-0.39, 0.29) is 6.61 Å². The third-order valence-corrected chi connectivity index (χ3v) is 2.06. The molecule has 0 bridgehead atoms. The average molecular weight is 200 g/mol. The third kappa shape index (κ3) is 1.84. The lowest BCUT2D eigenvalue weighted by molar-refractivity contribution is -0.165. The van der Waals surface area contributed by atoms with Crippen molar-refractivity contribution in [1.29, 1.82) is 0 Å². The Morgan fingerprint density at radius 2 is 2.14 bits per heavy atom. The molecule has 14 heavy (non-hydrogen) atoms. The first kappa shape index (κ1) is 10.5. The van der Waals surface area contributed by atoms with Crippen LogP contribution in [0.1, 0.15) is 13.3 Å². The van der Waals surface area contributed by atoms with Crippen LogP contribution < -0.4 is 5.73 Å². The molecule has 1 aliphatic heterocycles. The van der Waals surface area contributed by atoms with E-state index in [1.807, 2.05) is 0 Å². The van der Waals surface area contributed by atoms with Gasteiger partial charge in [0.2, 0.25) is 5.91 Å². The summed E-state index contributed by atoms with van der Waals surface area (Å²) in [5, 5.41) is 0. The molecule has 0 spiro atoms. The highest BCUT2D eigenvalue weighted by Crippen LogP contribution is 2.17. The topological polar surface area (TPSA) is 89.7 Å². The lowest BCUT2D eigenvalue weighted by Gasteiger charge is -2.37. The van der Waals surface area contributed by atoms with Crippen molar-refractivity contribution in [3.05, 3.63) is 0 Å². The van der Waals surface area contributed by atoms with Gasteiger partial charge in [0.1, 0.15) is 6.04 Å². The van der Waals surface area contributed by atoms with Crippen molar-refractivity contribution in [2.45, 2.75) is 19.4 Å². The fourth-order valence-corrected chi connectivity index (χ4v) is 1.24. The van der Waals surface area contributed by atoms with E-state index in [0.29, 0.717) is 13.0 Å². The number of amides is 2. The minimum atomic E-state index is -0.932. The van der Waals surface area contributed by atoms with Gasteiger partial charge < -0.3 is 15.4 Å². The van der Waals surface area contributed by atoms with E-state index in [2.05, 4.69) is 4.74 Å². The maximum Gasteiger partial charge on any atom is 0.397 e. The number of carbonyl (C=O) groups is 3. The molecule has 0 aliphatic carbocycles. The van der Waals surface area contributed by atoms with Crippen LogP contribution in [0.2, 0.25) is 0 Å². The Bertz CT molecular complexity index is 277. The Morgan fingerprint density at radius 1 is 1.50 bits per heavy atom. The van der Waals surface area contributed by atoms with E-state index in [4.69, 9.17) is 5.73 Å². The van der Waals surface area contributed by atoms with Crippen LogP contribution in [0.4, 0.5) is 0 Å². The van der Waals surface area contributed by atoms with E-state index in [0.717, 1.165) is 4.90 Å². The van der Waals surface area contributed by atoms with Gasteiger partial charge in [-0.2, -0.15) is 0 Å². The first-order valence-electron chi connectivity index (χ1n) is 4.35. The maximum absolute atomic E-state index is 11.3. The molecule has 6 heteroatoms. The summed E-state index contributed by atoms with van der Waals surface area (Å²) in [6.45, 7) is 2.12. The van der Waals surface area contributed by atoms with Gasteiger partial charge in [-0.25, -0.2) is 4.79 Å². The fraction of sp³-hybridized carbons (Fsp3) is 0.625. The molecule has 0 aromatic carbocycles. The van der Waals surface area contributed by atoms with Crippen LogP contribution in [0.15, 0.2) is 0 Å². The monoisotopic (exact) mass is 200 g/mol. The Morgan fingerprint density at radius 3 is 2.50 bits per heavy atom. The Kier molecular flexibility index (Phi) is 3.06. The van der Waals surface area contributed by atoms with Crippen LogP contribution in [0, 0.1) is 0 Å². The molecule has 0 aromatic rings. The van der Waals surface area contributed by atoms with Gasteiger partial charge in [-0.1, -0.05) is 0 Å². The molecule has 6 nitrogen and oxygen atoms in total. The number of rotatable bonds is 2. The van der Waals surface area contributed by atoms with Crippen LogP contribution in [0.25, 0.3) is 0 Å². The van der Waals surface area contributed by atoms with Crippen molar-refractivity contribution in [2.75, 3.05) is 13.2 Å². The predicted octanol–water partition coefficient (Wildman–Crippen LogP) is -1.36. The van der Waals surface area contributed by atoms with Crippen molar-refractivity contribution >= 4 is 17.8 Å². The summed E-state index contributed by atoms with van der Waals surface area (Å²) >= 11 is 0. The summed E-state index contributed by atoms with van der Waals surface area (Å²) in [5.41, 5.74) is 5.02. The highest BCUT2D eigenvalue weighted by Gasteiger charge is 2.39. The normalized spacial score (nSPS) is 19.8. The van der Waals surface area contributed by atoms with Crippen molar-refractivity contribution < 1.29 is 19.1 Å². The van der Waals surface area contributed by atoms with Gasteiger partial charge in [0, 0.05) is 6.54 Å². The van der Waals surface area contributed by atoms with E-state index < -0.39 is 23.8 Å². The second kappa shape index (κ2) is 4.08. The molecule has 2 N–H and O–H groups in total. The molecule has 1 unspecified atom stereocenters. The first-order valence-corrected chi connectivity index (χ1v) is 4.35. The number of hydrogen-bond donors (Lipinski definition) is 1. The van der Waals surface area contributed by atoms with Gasteiger partial charge in [-0.15, -0.1) is 0 Å². The number of carbonyl (C=O) groups excluding carboxylic acids is 3. The standard InChI is InChI=1S/C8H12N2O4/c1-2-14-8(13)7(12)10-4-3-5(10)6(9)11/h5H,2-4H2,1H3,(H2,9,11). The zero-order valence-electron chi connectivity index (χ0n) is 7.86. The minimum absolute atomic E-state index is 0.139. The summed E-state index contributed by atoms with van der Waals surface area (Å²) in [7, 11) is 0. The molecule has 1 atom stereocenters. The van der Waals surface area contributed by atoms with Gasteiger partial charge in [-0.3, -0.25) is 9.59 Å². The molecule has 1 rings (SSSR count). The Hall–Kier alpha value is -1.59. The number of likely N-dealkylation sites (tertiary alicyclic amines) is 1. The molecule has 1 aliphatic rings. The number of primary amides is 1. The molecule has 1 fully saturated rings. The molecule has 0 radical (unpaired) electrons.